The maximum Gasteiger partial charge on any atom is 0.404 e. The van der Waals surface area contributed by atoms with Crippen LogP contribution in [0.2, 0.25) is 0 Å². The van der Waals surface area contributed by atoms with E-state index in [4.69, 9.17) is 9.84 Å². The number of methoxy groups -OCH3 is 1. The fourth-order valence-corrected chi connectivity index (χ4v) is 2.05. The predicted molar refractivity (Wildman–Crippen MR) is 57.0 cm³/mol. The molecule has 2 atom stereocenters. The van der Waals surface area contributed by atoms with Gasteiger partial charge in [0.25, 0.3) is 0 Å². The van der Waals surface area contributed by atoms with Gasteiger partial charge < -0.3 is 20.5 Å². The third kappa shape index (κ3) is 4.48. The van der Waals surface area contributed by atoms with Crippen molar-refractivity contribution < 1.29 is 14.6 Å². The topological polar surface area (TPSA) is 70.6 Å². The summed E-state index contributed by atoms with van der Waals surface area (Å²) in [5.41, 5.74) is 0. The summed E-state index contributed by atoms with van der Waals surface area (Å²) in [6.07, 6.45) is 2.01. The summed E-state index contributed by atoms with van der Waals surface area (Å²) in [6.45, 7) is 2.54. The molecule has 88 valence electrons. The van der Waals surface area contributed by atoms with Crippen LogP contribution in [0, 0.1) is 5.92 Å². The fourth-order valence-electron chi connectivity index (χ4n) is 2.05. The predicted octanol–water partition coefficient (Wildman–Crippen LogP) is 0.659. The zero-order chi connectivity index (χ0) is 11.1. The number of nitrogens with one attached hydrogen (secondary N) is 2. The van der Waals surface area contributed by atoms with Crippen molar-refractivity contribution in [1.82, 2.24) is 10.6 Å². The van der Waals surface area contributed by atoms with Crippen LogP contribution in [0.15, 0.2) is 0 Å². The van der Waals surface area contributed by atoms with Gasteiger partial charge >= 0.3 is 6.09 Å². The molecular weight excluding hydrogens is 196 g/mol. The standard InChI is InChI=1S/C10H20N2O3/c1-15-6-4-9(12-10(13)14)8-3-2-5-11-7-8/h8-9,11-12H,2-7H2,1H3,(H,13,14). The molecule has 0 aromatic heterocycles. The number of piperidine rings is 1. The van der Waals surface area contributed by atoms with Gasteiger partial charge in [-0.15, -0.1) is 0 Å². The summed E-state index contributed by atoms with van der Waals surface area (Å²) in [6, 6.07) is 0.00949. The Morgan fingerprint density at radius 3 is 3.07 bits per heavy atom. The third-order valence-corrected chi connectivity index (χ3v) is 2.85. The third-order valence-electron chi connectivity index (χ3n) is 2.85. The van der Waals surface area contributed by atoms with Gasteiger partial charge in [-0.2, -0.15) is 0 Å². The number of carboxylic acid groups (broad SMARTS) is 1. The first kappa shape index (κ1) is 12.3. The second-order valence-corrected chi connectivity index (χ2v) is 3.94. The molecule has 5 heteroatoms. The largest absolute Gasteiger partial charge is 0.465 e. The SMILES string of the molecule is COCCC(NC(=O)O)C1CCCNC1. The summed E-state index contributed by atoms with van der Waals surface area (Å²) in [7, 11) is 1.64. The Kier molecular flexibility index (Phi) is 5.42. The van der Waals surface area contributed by atoms with Crippen LogP contribution in [0.3, 0.4) is 0 Å². The summed E-state index contributed by atoms with van der Waals surface area (Å²) in [5.74, 6) is 0.394. The van der Waals surface area contributed by atoms with E-state index in [0.29, 0.717) is 12.5 Å². The van der Waals surface area contributed by atoms with Crippen LogP contribution in [-0.4, -0.2) is 44.0 Å². The molecule has 0 aliphatic carbocycles. The monoisotopic (exact) mass is 216 g/mol. The van der Waals surface area contributed by atoms with Crippen LogP contribution in [0.1, 0.15) is 19.3 Å². The van der Waals surface area contributed by atoms with E-state index in [1.165, 1.54) is 0 Å². The average Bonchev–Trinajstić information content (AvgIpc) is 2.25. The van der Waals surface area contributed by atoms with Gasteiger partial charge in [-0.1, -0.05) is 0 Å². The zero-order valence-electron chi connectivity index (χ0n) is 9.16. The van der Waals surface area contributed by atoms with Gasteiger partial charge in [0.05, 0.1) is 0 Å². The number of hydrogen-bond donors (Lipinski definition) is 3. The van der Waals surface area contributed by atoms with Gasteiger partial charge in [0.1, 0.15) is 0 Å². The maximum absolute atomic E-state index is 10.6. The Morgan fingerprint density at radius 1 is 1.73 bits per heavy atom. The van der Waals surface area contributed by atoms with Crippen molar-refractivity contribution >= 4 is 6.09 Å². The molecule has 0 aromatic carbocycles. The molecule has 0 saturated carbocycles. The van der Waals surface area contributed by atoms with E-state index < -0.39 is 6.09 Å². The van der Waals surface area contributed by atoms with Crippen LogP contribution in [-0.2, 0) is 4.74 Å². The normalized spacial score (nSPS) is 23.4. The van der Waals surface area contributed by atoms with E-state index in [9.17, 15) is 4.79 Å². The second-order valence-electron chi connectivity index (χ2n) is 3.94. The summed E-state index contributed by atoms with van der Waals surface area (Å²) < 4.78 is 4.99. The molecular formula is C10H20N2O3. The van der Waals surface area contributed by atoms with Crippen molar-refractivity contribution in [2.45, 2.75) is 25.3 Å². The average molecular weight is 216 g/mol. The molecule has 0 spiro atoms. The lowest BCUT2D eigenvalue weighted by Crippen LogP contribution is -2.46. The van der Waals surface area contributed by atoms with Crippen molar-refractivity contribution in [3.05, 3.63) is 0 Å². The van der Waals surface area contributed by atoms with Crippen molar-refractivity contribution in [2.75, 3.05) is 26.8 Å². The minimum Gasteiger partial charge on any atom is -0.465 e. The van der Waals surface area contributed by atoms with Crippen molar-refractivity contribution in [1.29, 1.82) is 0 Å². The first-order valence-electron chi connectivity index (χ1n) is 5.43. The zero-order valence-corrected chi connectivity index (χ0v) is 9.16. The van der Waals surface area contributed by atoms with Crippen LogP contribution in [0.25, 0.3) is 0 Å². The molecule has 1 heterocycles. The lowest BCUT2D eigenvalue weighted by molar-refractivity contribution is 0.150. The highest BCUT2D eigenvalue weighted by Gasteiger charge is 2.24. The van der Waals surface area contributed by atoms with Gasteiger partial charge in [-0.05, 0) is 38.3 Å². The lowest BCUT2D eigenvalue weighted by atomic mass is 9.90. The van der Waals surface area contributed by atoms with Crippen molar-refractivity contribution in [3.8, 4) is 0 Å². The molecule has 2 unspecified atom stereocenters. The number of rotatable bonds is 5. The van der Waals surface area contributed by atoms with E-state index in [1.54, 1.807) is 7.11 Å². The van der Waals surface area contributed by atoms with Crippen LogP contribution in [0.5, 0.6) is 0 Å². The molecule has 3 N–H and O–H groups in total. The Hall–Kier alpha value is -0.810. The van der Waals surface area contributed by atoms with Gasteiger partial charge in [-0.25, -0.2) is 4.79 Å². The molecule has 0 radical (unpaired) electrons. The Bertz CT molecular complexity index is 193. The molecule has 1 rings (SSSR count). The first-order valence-corrected chi connectivity index (χ1v) is 5.43. The summed E-state index contributed by atoms with van der Waals surface area (Å²) in [5, 5.41) is 14.6. The van der Waals surface area contributed by atoms with E-state index >= 15 is 0 Å². The highest BCUT2D eigenvalue weighted by Crippen LogP contribution is 2.16. The smallest absolute Gasteiger partial charge is 0.404 e. The molecule has 15 heavy (non-hydrogen) atoms. The van der Waals surface area contributed by atoms with Gasteiger partial charge in [0.15, 0.2) is 0 Å². The molecule has 0 bridgehead atoms. The Morgan fingerprint density at radius 2 is 2.53 bits per heavy atom. The molecule has 1 saturated heterocycles. The number of hydrogen-bond acceptors (Lipinski definition) is 3. The Labute approximate surface area is 90.2 Å². The van der Waals surface area contributed by atoms with Crippen LogP contribution in [0.4, 0.5) is 4.79 Å². The van der Waals surface area contributed by atoms with Crippen molar-refractivity contribution in [2.24, 2.45) is 5.92 Å². The highest BCUT2D eigenvalue weighted by molar-refractivity contribution is 5.64. The van der Waals surface area contributed by atoms with E-state index in [1.807, 2.05) is 0 Å². The number of ether oxygens (including phenoxy) is 1. The first-order chi connectivity index (χ1) is 7.24. The molecule has 1 aliphatic heterocycles. The maximum atomic E-state index is 10.6. The van der Waals surface area contributed by atoms with Crippen LogP contribution >= 0.6 is 0 Å². The fraction of sp³-hybridized carbons (Fsp3) is 0.900. The number of amides is 1. The molecule has 1 fully saturated rings. The minimum absolute atomic E-state index is 0.00949. The second kappa shape index (κ2) is 6.63. The van der Waals surface area contributed by atoms with Gasteiger partial charge in [0, 0.05) is 19.8 Å². The van der Waals surface area contributed by atoms with Gasteiger partial charge in [-0.3, -0.25) is 0 Å². The van der Waals surface area contributed by atoms with Crippen LogP contribution < -0.4 is 10.6 Å². The Balaban J connectivity index is 2.41. The van der Waals surface area contributed by atoms with E-state index in [2.05, 4.69) is 10.6 Å². The molecule has 5 nitrogen and oxygen atoms in total. The summed E-state index contributed by atoms with van der Waals surface area (Å²) >= 11 is 0. The number of carbonyl (C=O) groups is 1. The van der Waals surface area contributed by atoms with E-state index in [0.717, 1.165) is 32.4 Å². The van der Waals surface area contributed by atoms with Crippen molar-refractivity contribution in [3.63, 3.8) is 0 Å². The van der Waals surface area contributed by atoms with Gasteiger partial charge in [0.2, 0.25) is 0 Å². The highest BCUT2D eigenvalue weighted by atomic mass is 16.5. The summed E-state index contributed by atoms with van der Waals surface area (Å²) in [4.78, 5) is 10.6. The lowest BCUT2D eigenvalue weighted by Gasteiger charge is -2.30. The molecule has 0 aromatic rings. The molecule has 1 aliphatic rings. The minimum atomic E-state index is -0.943. The molecule has 1 amide bonds. The van der Waals surface area contributed by atoms with E-state index in [-0.39, 0.29) is 6.04 Å². The quantitative estimate of drug-likeness (QED) is 0.631.